The Labute approximate surface area is 145 Å². The zero-order chi connectivity index (χ0) is 18.6. The van der Waals surface area contributed by atoms with Crippen LogP contribution in [0.25, 0.3) is 5.57 Å². The number of Topliss-reactive ketones (excluding diaryl/α,β-unsaturated/α-hetero) is 1. The second kappa shape index (κ2) is 7.64. The summed E-state index contributed by atoms with van der Waals surface area (Å²) in [6.07, 6.45) is -2.84. The van der Waals surface area contributed by atoms with Crippen molar-refractivity contribution >= 4 is 29.1 Å². The Morgan fingerprint density at radius 2 is 2.12 bits per heavy atom. The molecule has 0 saturated heterocycles. The van der Waals surface area contributed by atoms with Gasteiger partial charge in [0.05, 0.1) is 18.2 Å². The van der Waals surface area contributed by atoms with Gasteiger partial charge in [0, 0.05) is 5.41 Å². The van der Waals surface area contributed by atoms with E-state index in [0.29, 0.717) is 0 Å². The number of halogens is 3. The fraction of sp³-hybridized carbons (Fsp3) is 0.250. The van der Waals surface area contributed by atoms with Crippen molar-refractivity contribution in [3.05, 3.63) is 52.4 Å². The van der Waals surface area contributed by atoms with Crippen LogP contribution in [0, 0.1) is 0 Å². The summed E-state index contributed by atoms with van der Waals surface area (Å²) in [4.78, 5) is 23.8. The Hall–Kier alpha value is -2.42. The predicted molar refractivity (Wildman–Crippen MR) is 86.1 cm³/mol. The molecular weight excluding hydrogens is 359 g/mol. The average molecular weight is 373 g/mol. The molecule has 1 aromatic carbocycles. The van der Waals surface area contributed by atoms with Gasteiger partial charge in [0.2, 0.25) is 11.7 Å². The van der Waals surface area contributed by atoms with Crippen LogP contribution < -0.4 is 5.32 Å². The number of methoxy groups -OCH3 is 1. The highest BCUT2D eigenvalue weighted by atomic mass is 32.2. The number of benzene rings is 1. The Morgan fingerprint density at radius 1 is 1.40 bits per heavy atom. The summed E-state index contributed by atoms with van der Waals surface area (Å²) >= 11 is 1.20. The van der Waals surface area contributed by atoms with E-state index in [9.17, 15) is 22.8 Å². The zero-order valence-corrected chi connectivity index (χ0v) is 14.1. The predicted octanol–water partition coefficient (Wildman–Crippen LogP) is 2.94. The summed E-state index contributed by atoms with van der Waals surface area (Å²) in [5.41, 5.74) is -0.924. The molecule has 1 N–H and O–H groups in total. The van der Waals surface area contributed by atoms with Crippen LogP contribution >= 0.6 is 11.8 Å². The minimum Gasteiger partial charge on any atom is -0.468 e. The van der Waals surface area contributed by atoms with Crippen LogP contribution in [0.5, 0.6) is 0 Å². The molecule has 0 unspecified atom stereocenters. The molecular formula is C16H14F3NO4S. The van der Waals surface area contributed by atoms with Crippen LogP contribution in [-0.2, 0) is 25.2 Å². The van der Waals surface area contributed by atoms with Crippen LogP contribution in [-0.4, -0.2) is 31.7 Å². The number of carbonyl (C=O) groups excluding carboxylic acids is 2. The molecule has 0 fully saturated rings. The van der Waals surface area contributed by atoms with Crippen molar-refractivity contribution < 1.29 is 32.2 Å². The Morgan fingerprint density at radius 3 is 2.72 bits per heavy atom. The van der Waals surface area contributed by atoms with Gasteiger partial charge in [-0.05, 0) is 24.0 Å². The summed E-state index contributed by atoms with van der Waals surface area (Å²) in [7, 11) is 1.19. The Balaban J connectivity index is 2.45. The molecule has 0 saturated carbocycles. The second-order valence-electron chi connectivity index (χ2n) is 4.86. The Kier molecular flexibility index (Phi) is 5.78. The first-order valence-corrected chi connectivity index (χ1v) is 8.24. The van der Waals surface area contributed by atoms with E-state index in [-0.39, 0.29) is 29.3 Å². The number of alkyl halides is 3. The van der Waals surface area contributed by atoms with Crippen molar-refractivity contribution in [1.82, 2.24) is 5.32 Å². The van der Waals surface area contributed by atoms with Gasteiger partial charge in [-0.15, -0.1) is 11.8 Å². The van der Waals surface area contributed by atoms with Gasteiger partial charge in [-0.2, -0.15) is 13.2 Å². The summed E-state index contributed by atoms with van der Waals surface area (Å²) < 4.78 is 48.6. The van der Waals surface area contributed by atoms with Crippen LogP contribution in [0.2, 0.25) is 0 Å². The molecule has 5 nitrogen and oxygen atoms in total. The topological polar surface area (TPSA) is 64.6 Å². The first-order chi connectivity index (χ1) is 11.8. The van der Waals surface area contributed by atoms with E-state index in [1.807, 2.05) is 0 Å². The molecule has 1 heterocycles. The lowest BCUT2D eigenvalue weighted by molar-refractivity contribution is -0.139. The molecule has 0 aliphatic carbocycles. The van der Waals surface area contributed by atoms with E-state index in [1.165, 1.54) is 36.4 Å². The minimum atomic E-state index is -4.55. The zero-order valence-electron chi connectivity index (χ0n) is 13.3. The molecule has 0 spiro atoms. The number of carbonyl (C=O) groups is 2. The number of hydrogen-bond acceptors (Lipinski definition) is 6. The monoisotopic (exact) mass is 373 g/mol. The number of hydrogen-bond donors (Lipinski definition) is 1. The molecule has 1 aliphatic heterocycles. The van der Waals surface area contributed by atoms with E-state index < -0.39 is 23.5 Å². The van der Waals surface area contributed by atoms with Crippen molar-refractivity contribution in [1.29, 1.82) is 0 Å². The molecule has 1 aliphatic rings. The first kappa shape index (κ1) is 18.9. The summed E-state index contributed by atoms with van der Waals surface area (Å²) in [6, 6.07) is 4.34. The molecule has 0 aromatic heterocycles. The molecule has 2 rings (SSSR count). The Bertz CT molecular complexity index is 756. The van der Waals surface area contributed by atoms with Crippen LogP contribution in [0.15, 0.2) is 41.3 Å². The number of ether oxygens (including phenoxy) is 2. The van der Waals surface area contributed by atoms with E-state index >= 15 is 0 Å². The van der Waals surface area contributed by atoms with Gasteiger partial charge in [-0.3, -0.25) is 9.59 Å². The molecule has 0 bridgehead atoms. The maximum absolute atomic E-state index is 12.9. The van der Waals surface area contributed by atoms with Crippen molar-refractivity contribution in [3.63, 3.8) is 0 Å². The highest BCUT2D eigenvalue weighted by Crippen LogP contribution is 2.35. The summed E-state index contributed by atoms with van der Waals surface area (Å²) in [5.74, 6) is -1.31. The lowest BCUT2D eigenvalue weighted by Gasteiger charge is -2.10. The quantitative estimate of drug-likeness (QED) is 0.633. The third-order valence-electron chi connectivity index (χ3n) is 3.21. The van der Waals surface area contributed by atoms with Gasteiger partial charge in [0.1, 0.15) is 6.54 Å². The van der Waals surface area contributed by atoms with Gasteiger partial charge in [-0.25, -0.2) is 0 Å². The van der Waals surface area contributed by atoms with E-state index in [2.05, 4.69) is 10.1 Å². The highest BCUT2D eigenvalue weighted by molar-refractivity contribution is 8.01. The third kappa shape index (κ3) is 4.36. The molecule has 0 radical (unpaired) electrons. The molecule has 25 heavy (non-hydrogen) atoms. The molecule has 9 heteroatoms. The molecule has 0 amide bonds. The van der Waals surface area contributed by atoms with E-state index in [4.69, 9.17) is 4.74 Å². The number of thioether (sulfide) groups is 1. The molecule has 1 aromatic rings. The van der Waals surface area contributed by atoms with Gasteiger partial charge in [-0.1, -0.05) is 12.1 Å². The maximum Gasteiger partial charge on any atom is 0.416 e. The highest BCUT2D eigenvalue weighted by Gasteiger charge is 2.35. The third-order valence-corrected chi connectivity index (χ3v) is 3.66. The fourth-order valence-electron chi connectivity index (χ4n) is 2.08. The lowest BCUT2D eigenvalue weighted by Crippen LogP contribution is -2.24. The van der Waals surface area contributed by atoms with Gasteiger partial charge >= 0.3 is 12.1 Å². The summed E-state index contributed by atoms with van der Waals surface area (Å²) in [5, 5.41) is 4.02. The number of rotatable bonds is 5. The maximum atomic E-state index is 12.9. The van der Waals surface area contributed by atoms with E-state index in [0.717, 1.165) is 12.1 Å². The van der Waals surface area contributed by atoms with Gasteiger partial charge in [0.25, 0.3) is 0 Å². The SMILES string of the molecule is COC(=O)CNC1=C(c2cccc(C(F)(F)F)c2)C(=O)C(=CSC)O1. The first-order valence-electron chi connectivity index (χ1n) is 6.96. The largest absolute Gasteiger partial charge is 0.468 e. The van der Waals surface area contributed by atoms with E-state index in [1.54, 1.807) is 6.26 Å². The van der Waals surface area contributed by atoms with Crippen molar-refractivity contribution in [2.75, 3.05) is 19.9 Å². The lowest BCUT2D eigenvalue weighted by atomic mass is 10.00. The fourth-order valence-corrected chi connectivity index (χ4v) is 2.45. The van der Waals surface area contributed by atoms with Crippen LogP contribution in [0.3, 0.4) is 0 Å². The van der Waals surface area contributed by atoms with Crippen LogP contribution in [0.1, 0.15) is 11.1 Å². The average Bonchev–Trinajstić information content (AvgIpc) is 2.88. The second-order valence-corrected chi connectivity index (χ2v) is 5.57. The number of nitrogens with one attached hydrogen (secondary N) is 1. The number of esters is 1. The molecule has 134 valence electrons. The molecule has 0 atom stereocenters. The van der Waals surface area contributed by atoms with Crippen molar-refractivity contribution in [3.8, 4) is 0 Å². The van der Waals surface area contributed by atoms with Gasteiger partial charge < -0.3 is 14.8 Å². The number of ketones is 1. The van der Waals surface area contributed by atoms with Crippen molar-refractivity contribution in [2.45, 2.75) is 6.18 Å². The van der Waals surface area contributed by atoms with Crippen LogP contribution in [0.4, 0.5) is 13.2 Å². The minimum absolute atomic E-state index is 0.0349. The standard InChI is InChI=1S/C16H14F3NO4S/c1-23-12(21)7-20-15-13(14(22)11(24-15)8-25-2)9-4-3-5-10(6-9)16(17,18)19/h3-6,8,20H,7H2,1-2H3. The van der Waals surface area contributed by atoms with Gasteiger partial charge in [0.15, 0.2) is 5.76 Å². The number of allylic oxidation sites excluding steroid dienone is 1. The smallest absolute Gasteiger partial charge is 0.416 e. The van der Waals surface area contributed by atoms with Crippen molar-refractivity contribution in [2.24, 2.45) is 0 Å². The normalized spacial score (nSPS) is 16.2. The summed E-state index contributed by atoms with van der Waals surface area (Å²) in [6.45, 7) is -0.297.